The van der Waals surface area contributed by atoms with Gasteiger partial charge in [0.2, 0.25) is 0 Å². The van der Waals surface area contributed by atoms with Gasteiger partial charge in [-0.15, -0.1) is 0 Å². The number of rotatable bonds is 20. The topological polar surface area (TPSA) is 269 Å². The molecule has 16 heteroatoms. The maximum absolute atomic E-state index is 8.53. The Hall–Kier alpha value is -3.02. The van der Waals surface area contributed by atoms with Crippen molar-refractivity contribution in [3.8, 4) is 6.07 Å². The van der Waals surface area contributed by atoms with Crippen molar-refractivity contribution in [3.63, 3.8) is 0 Å². The Balaban J connectivity index is -0.00000684. The number of unbranched alkanes of at least 4 members (excludes halogenated alkanes) is 9. The molecule has 0 atom stereocenters. The van der Waals surface area contributed by atoms with Crippen molar-refractivity contribution in [1.82, 2.24) is 10.6 Å². The van der Waals surface area contributed by atoms with Crippen molar-refractivity contribution in [2.24, 2.45) is 49.4 Å². The van der Waals surface area contributed by atoms with Crippen molar-refractivity contribution in [2.75, 3.05) is 39.3 Å². The van der Waals surface area contributed by atoms with Gasteiger partial charge in [-0.2, -0.15) is 5.26 Å². The van der Waals surface area contributed by atoms with Crippen LogP contribution in [0.5, 0.6) is 0 Å². The van der Waals surface area contributed by atoms with Gasteiger partial charge in [-0.05, 0) is 45.1 Å². The highest BCUT2D eigenvalue weighted by molar-refractivity contribution is 5.95. The zero-order chi connectivity index (χ0) is 28.3. The average molecular weight is 608 g/mol. The molecule has 40 heavy (non-hydrogen) atoms. The highest BCUT2D eigenvalue weighted by atomic mass is 35.5. The molecule has 0 aromatic heterocycles. The summed E-state index contributed by atoms with van der Waals surface area (Å²) in [5, 5.41) is 14.3. The molecule has 0 unspecified atom stereocenters. The largest absolute Gasteiger partial charge is 1.00 e. The van der Waals surface area contributed by atoms with Crippen LogP contribution in [0.15, 0.2) is 15.0 Å². The molecule has 0 saturated heterocycles. The Labute approximate surface area is 251 Å². The van der Waals surface area contributed by atoms with Crippen LogP contribution in [-0.2, 0) is 0 Å². The summed E-state index contributed by atoms with van der Waals surface area (Å²) in [6.07, 6.45) is 12.2. The summed E-state index contributed by atoms with van der Waals surface area (Å²) in [6, 6.07) is 1.80. The number of nitrogens with two attached hydrogens (primary N) is 6. The number of nitrogens with zero attached hydrogens (tertiary/aromatic N) is 4. The van der Waals surface area contributed by atoms with E-state index in [0.717, 1.165) is 96.7 Å². The lowest BCUT2D eigenvalue weighted by molar-refractivity contribution is -0.461. The van der Waals surface area contributed by atoms with Gasteiger partial charge >= 0.3 is 11.9 Å². The average Bonchev–Trinajstić information content (AvgIpc) is 2.88. The first-order chi connectivity index (χ1) is 18.4. The van der Waals surface area contributed by atoms with E-state index in [1.807, 2.05) is 0 Å². The van der Waals surface area contributed by atoms with E-state index in [9.17, 15) is 0 Å². The second-order valence-corrected chi connectivity index (χ2v) is 8.87. The molecule has 232 valence electrons. The second kappa shape index (κ2) is 30.5. The molecule has 0 heterocycles. The summed E-state index contributed by atoms with van der Waals surface area (Å²) < 4.78 is 0. The maximum Gasteiger partial charge on any atom is 0.348 e. The van der Waals surface area contributed by atoms with Crippen LogP contribution in [-0.4, -0.2) is 68.9 Å². The van der Waals surface area contributed by atoms with Gasteiger partial charge in [0.25, 0.3) is 11.9 Å². The summed E-state index contributed by atoms with van der Waals surface area (Å²) in [5.74, 6) is 1.45. The minimum atomic E-state index is 0. The van der Waals surface area contributed by atoms with Gasteiger partial charge in [-0.3, -0.25) is 26.4 Å². The normalized spacial score (nSPS) is 12.8. The van der Waals surface area contributed by atoms with Crippen molar-refractivity contribution < 1.29 is 34.8 Å². The molecule has 0 amide bonds. The fourth-order valence-corrected chi connectivity index (χ4v) is 3.31. The summed E-state index contributed by atoms with van der Waals surface area (Å²) >= 11 is 0. The van der Waals surface area contributed by atoms with E-state index in [1.165, 1.54) is 0 Å². The third-order valence-electron chi connectivity index (χ3n) is 5.40. The third kappa shape index (κ3) is 29.5. The van der Waals surface area contributed by atoms with E-state index in [-0.39, 0.29) is 30.6 Å². The minimum Gasteiger partial charge on any atom is -1.00 e. The standard InChI is InChI=1S/C24H50N14.2ClH/c25-13-7-1-2-9-15-33-21(28)37-23(30)35-17-11-5-6-12-18-36-24(31)38-22(29)34-16-10-4-3-8-14-32-20(27)19-26;;/h1-18,25H2,(H2,27,32)(H5,28,30,33,35,37)(H5,29,31,34,36,38);2*1H. The van der Waals surface area contributed by atoms with Crippen LogP contribution in [0.3, 0.4) is 0 Å². The Morgan fingerprint density at radius 1 is 0.575 bits per heavy atom. The van der Waals surface area contributed by atoms with Crippen molar-refractivity contribution >= 4 is 29.7 Å². The van der Waals surface area contributed by atoms with Gasteiger partial charge in [0, 0.05) is 19.6 Å². The molecule has 0 aliphatic rings. The van der Waals surface area contributed by atoms with Gasteiger partial charge < -0.3 is 47.7 Å². The van der Waals surface area contributed by atoms with Crippen molar-refractivity contribution in [3.05, 3.63) is 0 Å². The molecule has 0 rings (SSSR count). The number of nitrogens with one attached hydrogen (secondary N) is 4. The Kier molecular flexibility index (Phi) is 31.6. The highest BCUT2D eigenvalue weighted by Crippen LogP contribution is 2.00. The van der Waals surface area contributed by atoms with Gasteiger partial charge in [0.05, 0.1) is 13.1 Å². The van der Waals surface area contributed by atoms with Gasteiger partial charge in [0.15, 0.2) is 5.84 Å². The van der Waals surface area contributed by atoms with E-state index in [1.54, 1.807) is 6.07 Å². The van der Waals surface area contributed by atoms with E-state index >= 15 is 0 Å². The van der Waals surface area contributed by atoms with Crippen LogP contribution < -0.4 is 79.8 Å². The molecule has 0 spiro atoms. The van der Waals surface area contributed by atoms with Crippen molar-refractivity contribution in [2.45, 2.75) is 77.0 Å². The molecule has 0 aliphatic heterocycles. The molecular weight excluding hydrogens is 555 g/mol. The number of nitriles is 1. The van der Waals surface area contributed by atoms with Crippen LogP contribution >= 0.6 is 0 Å². The molecule has 14 nitrogen and oxygen atoms in total. The first-order valence-electron chi connectivity index (χ1n) is 13.7. The fraction of sp³-hybridized carbons (Fsp3) is 0.750. The summed E-state index contributed by atoms with van der Waals surface area (Å²) in [4.78, 5) is 18.7. The lowest BCUT2D eigenvalue weighted by Gasteiger charge is -2.01. The maximum atomic E-state index is 8.53. The summed E-state index contributed by atoms with van der Waals surface area (Å²) in [6.45, 7) is 4.11. The Morgan fingerprint density at radius 2 is 0.950 bits per heavy atom. The number of guanidine groups is 4. The van der Waals surface area contributed by atoms with Gasteiger partial charge in [-0.25, -0.2) is 20.6 Å². The quantitative estimate of drug-likeness (QED) is 0.0357. The highest BCUT2D eigenvalue weighted by Gasteiger charge is 2.03. The zero-order valence-corrected chi connectivity index (χ0v) is 25.2. The molecule has 0 radical (unpaired) electrons. The molecule has 0 aliphatic carbocycles. The van der Waals surface area contributed by atoms with E-state index < -0.39 is 0 Å². The molecule has 0 aromatic rings. The summed E-state index contributed by atoms with van der Waals surface area (Å²) in [7, 11) is 0. The predicted octanol–water partition coefficient (Wildman–Crippen LogP) is -9.89. The van der Waals surface area contributed by atoms with Crippen molar-refractivity contribution in [1.29, 1.82) is 5.26 Å². The van der Waals surface area contributed by atoms with Crippen LogP contribution in [0, 0.1) is 11.3 Å². The van der Waals surface area contributed by atoms with E-state index in [4.69, 9.17) is 39.7 Å². The van der Waals surface area contributed by atoms with E-state index in [0.29, 0.717) is 43.5 Å². The van der Waals surface area contributed by atoms with Crippen LogP contribution in [0.1, 0.15) is 77.0 Å². The Morgan fingerprint density at radius 3 is 1.35 bits per heavy atom. The lowest BCUT2D eigenvalue weighted by Crippen LogP contribution is -3.00. The van der Waals surface area contributed by atoms with Gasteiger partial charge in [0.1, 0.15) is 6.07 Å². The number of aliphatic imine (C=N–C) groups is 3. The number of hydrogen-bond donors (Lipinski definition) is 10. The smallest absolute Gasteiger partial charge is 0.348 e. The molecule has 0 saturated carbocycles. The molecule has 0 bridgehead atoms. The zero-order valence-electron chi connectivity index (χ0n) is 23.7. The second-order valence-electron chi connectivity index (χ2n) is 8.87. The summed E-state index contributed by atoms with van der Waals surface area (Å²) in [5.41, 5.74) is 34.3. The van der Waals surface area contributed by atoms with Crippen LogP contribution in [0.2, 0.25) is 0 Å². The molecule has 0 aromatic carbocycles. The number of halogens is 2. The van der Waals surface area contributed by atoms with Gasteiger partial charge in [-0.1, -0.05) is 38.5 Å². The minimum absolute atomic E-state index is 0. The number of amidine groups is 1. The monoisotopic (exact) mass is 606 g/mol. The Bertz CT molecular complexity index is 806. The lowest BCUT2D eigenvalue weighted by atomic mass is 10.2. The SMILES string of the molecule is N#CC(N)=NCCCCCC[NH+]=C(N)NC(N)=NCCCCCCN=C(N)NC(N)=[NH+]CCCCCCN.[Cl-].[Cl-]. The first kappa shape index (κ1) is 41.5. The van der Waals surface area contributed by atoms with E-state index in [2.05, 4.69) is 35.6 Å². The third-order valence-corrected chi connectivity index (χ3v) is 5.40. The molecule has 16 N–H and O–H groups in total. The first-order valence-corrected chi connectivity index (χ1v) is 13.7. The predicted molar refractivity (Wildman–Crippen MR) is 156 cm³/mol. The molecule has 0 fully saturated rings. The number of hydrogen-bond acceptors (Lipinski definition) is 5. The van der Waals surface area contributed by atoms with Crippen LogP contribution in [0.25, 0.3) is 0 Å². The molecular formula is C24H52Cl2N14. The van der Waals surface area contributed by atoms with Crippen LogP contribution in [0.4, 0.5) is 0 Å². The fourth-order valence-electron chi connectivity index (χ4n) is 3.31.